The van der Waals surface area contributed by atoms with Crippen LogP contribution in [0.15, 0.2) is 56.9 Å². The van der Waals surface area contributed by atoms with Gasteiger partial charge in [0.25, 0.3) is 10.0 Å². The maximum absolute atomic E-state index is 12.9. The van der Waals surface area contributed by atoms with Gasteiger partial charge in [0.05, 0.1) is 10.6 Å². The molecule has 0 fully saturated rings. The molecule has 0 saturated carbocycles. The van der Waals surface area contributed by atoms with Gasteiger partial charge in [-0.3, -0.25) is 9.59 Å². The van der Waals surface area contributed by atoms with Crippen LogP contribution in [0.4, 0.5) is 0 Å². The molecule has 0 aromatic heterocycles. The average Bonchev–Trinajstić information content (AvgIpc) is 2.54. The minimum atomic E-state index is -3.98. The number of hydrogen-bond donors (Lipinski definition) is 0. The molecular weight excluding hydrogens is 374 g/mol. The Kier molecular flexibility index (Phi) is 5.68. The summed E-state index contributed by atoms with van der Waals surface area (Å²) in [5, 5.41) is 0. The summed E-state index contributed by atoms with van der Waals surface area (Å²) in [4.78, 5) is 24.3. The van der Waals surface area contributed by atoms with E-state index in [9.17, 15) is 18.0 Å². The first-order chi connectivity index (χ1) is 12.6. The number of carbonyl (C=O) groups is 2. The van der Waals surface area contributed by atoms with Gasteiger partial charge in [-0.1, -0.05) is 53.7 Å². The Balaban J connectivity index is 2.60. The second kappa shape index (κ2) is 7.24. The third-order valence-corrected chi connectivity index (χ3v) is 5.79. The van der Waals surface area contributed by atoms with E-state index in [1.165, 1.54) is 31.2 Å². The minimum absolute atomic E-state index is 0.00156. The molecule has 2 rings (SSSR count). The van der Waals surface area contributed by atoms with Gasteiger partial charge < -0.3 is 0 Å². The van der Waals surface area contributed by atoms with E-state index in [0.29, 0.717) is 16.7 Å². The summed E-state index contributed by atoms with van der Waals surface area (Å²) in [7, 11) is -3.98. The number of ketones is 2. The van der Waals surface area contributed by atoms with Crippen molar-refractivity contribution in [1.82, 2.24) is 0 Å². The number of hydrogen-bond acceptors (Lipinski definition) is 4. The Hall–Kier alpha value is -2.34. The zero-order valence-corrected chi connectivity index (χ0v) is 18.3. The Morgan fingerprint density at radius 1 is 0.857 bits per heavy atom. The van der Waals surface area contributed by atoms with Crippen LogP contribution >= 0.6 is 0 Å². The zero-order valence-electron chi connectivity index (χ0n) is 17.5. The summed E-state index contributed by atoms with van der Waals surface area (Å²) in [6, 6.07) is 5.67. The van der Waals surface area contributed by atoms with E-state index in [1.807, 2.05) is 41.5 Å². The van der Waals surface area contributed by atoms with Gasteiger partial charge in [0, 0.05) is 16.7 Å². The molecule has 1 aliphatic carbocycles. The van der Waals surface area contributed by atoms with Gasteiger partial charge in [0.1, 0.15) is 0 Å². The maximum atomic E-state index is 12.9. The van der Waals surface area contributed by atoms with Crippen molar-refractivity contribution in [2.45, 2.75) is 53.4 Å². The molecule has 0 unspecified atom stereocenters. The number of Topliss-reactive ketones (excluding diaryl/α,β-unsaturated/α-hetero) is 2. The van der Waals surface area contributed by atoms with Crippen molar-refractivity contribution >= 4 is 27.3 Å². The van der Waals surface area contributed by atoms with Crippen molar-refractivity contribution in [2.75, 3.05) is 0 Å². The smallest absolute Gasteiger partial charge is 0.282 e. The molecule has 0 N–H and O–H groups in total. The van der Waals surface area contributed by atoms with Gasteiger partial charge in [-0.15, -0.1) is 0 Å². The molecule has 28 heavy (non-hydrogen) atoms. The molecule has 150 valence electrons. The van der Waals surface area contributed by atoms with Crippen LogP contribution in [0.5, 0.6) is 0 Å². The normalized spacial score (nSPS) is 15.8. The summed E-state index contributed by atoms with van der Waals surface area (Å²) in [5.41, 5.74) is 0.816. The highest BCUT2D eigenvalue weighted by molar-refractivity contribution is 7.90. The van der Waals surface area contributed by atoms with Crippen molar-refractivity contribution in [2.24, 2.45) is 15.2 Å². The van der Waals surface area contributed by atoms with E-state index in [4.69, 9.17) is 0 Å². The summed E-state index contributed by atoms with van der Waals surface area (Å²) in [6.07, 6.45) is 3.11. The van der Waals surface area contributed by atoms with Crippen LogP contribution < -0.4 is 0 Å². The Morgan fingerprint density at radius 2 is 1.29 bits per heavy atom. The number of carbonyl (C=O) groups excluding carboxylic acids is 2. The number of benzene rings is 1. The molecule has 0 heterocycles. The van der Waals surface area contributed by atoms with E-state index in [-0.39, 0.29) is 22.2 Å². The Labute approximate surface area is 167 Å². The summed E-state index contributed by atoms with van der Waals surface area (Å²) >= 11 is 0. The van der Waals surface area contributed by atoms with E-state index >= 15 is 0 Å². The van der Waals surface area contributed by atoms with Gasteiger partial charge in [-0.25, -0.2) is 0 Å². The van der Waals surface area contributed by atoms with Crippen LogP contribution in [0, 0.1) is 10.8 Å². The molecule has 0 bridgehead atoms. The predicted octanol–water partition coefficient (Wildman–Crippen LogP) is 4.55. The van der Waals surface area contributed by atoms with Crippen molar-refractivity contribution in [3.05, 3.63) is 53.1 Å². The lowest BCUT2D eigenvalue weighted by atomic mass is 9.72. The highest BCUT2D eigenvalue weighted by Crippen LogP contribution is 2.37. The molecule has 1 aromatic carbocycles. The van der Waals surface area contributed by atoms with E-state index in [1.54, 1.807) is 12.2 Å². The monoisotopic (exact) mass is 401 g/mol. The SMILES string of the molecule is CC(=O)c1ccc(S(=O)(=O)N=C2C=C(C(C)(C)C)C(=O)C(C(C)(C)C)=C2)cc1. The van der Waals surface area contributed by atoms with Crippen LogP contribution in [0.2, 0.25) is 0 Å². The average molecular weight is 402 g/mol. The third kappa shape index (κ3) is 4.73. The van der Waals surface area contributed by atoms with Gasteiger partial charge in [-0.05, 0) is 42.0 Å². The first kappa shape index (κ1) is 22.0. The predicted molar refractivity (Wildman–Crippen MR) is 111 cm³/mol. The first-order valence-electron chi connectivity index (χ1n) is 9.08. The number of sulfonamides is 1. The summed E-state index contributed by atoms with van der Waals surface area (Å²) in [5.74, 6) is -0.223. The van der Waals surface area contributed by atoms with Crippen LogP contribution in [-0.2, 0) is 14.8 Å². The lowest BCUT2D eigenvalue weighted by molar-refractivity contribution is -0.114. The maximum Gasteiger partial charge on any atom is 0.282 e. The minimum Gasteiger partial charge on any atom is -0.295 e. The second-order valence-corrected chi connectivity index (χ2v) is 10.6. The fourth-order valence-electron chi connectivity index (χ4n) is 2.83. The van der Waals surface area contributed by atoms with Crippen LogP contribution in [0.1, 0.15) is 58.8 Å². The lowest BCUT2D eigenvalue weighted by Crippen LogP contribution is -2.29. The molecule has 0 aliphatic heterocycles. The zero-order chi connectivity index (χ0) is 21.5. The highest BCUT2D eigenvalue weighted by atomic mass is 32.2. The molecule has 6 heteroatoms. The van der Waals surface area contributed by atoms with Crippen molar-refractivity contribution in [1.29, 1.82) is 0 Å². The van der Waals surface area contributed by atoms with E-state index in [2.05, 4.69) is 4.40 Å². The topological polar surface area (TPSA) is 80.6 Å². The van der Waals surface area contributed by atoms with Crippen molar-refractivity contribution in [3.8, 4) is 0 Å². The first-order valence-corrected chi connectivity index (χ1v) is 10.5. The van der Waals surface area contributed by atoms with Crippen LogP contribution in [0.25, 0.3) is 0 Å². The van der Waals surface area contributed by atoms with Crippen LogP contribution in [0.3, 0.4) is 0 Å². The van der Waals surface area contributed by atoms with Gasteiger partial charge in [0.15, 0.2) is 11.6 Å². The molecule has 1 aromatic rings. The van der Waals surface area contributed by atoms with Gasteiger partial charge >= 0.3 is 0 Å². The third-order valence-electron chi connectivity index (χ3n) is 4.47. The standard InChI is InChI=1S/C22H27NO4S/c1-14(24)15-8-10-17(11-9-15)28(26,27)23-16-12-18(21(2,3)4)20(25)19(13-16)22(5,6)7/h8-13H,1-7H3. The molecule has 0 spiro atoms. The largest absolute Gasteiger partial charge is 0.295 e. The molecule has 0 atom stereocenters. The lowest BCUT2D eigenvalue weighted by Gasteiger charge is -2.30. The number of allylic oxidation sites excluding steroid dienone is 4. The highest BCUT2D eigenvalue weighted by Gasteiger charge is 2.34. The van der Waals surface area contributed by atoms with E-state index in [0.717, 1.165) is 0 Å². The molecule has 1 aliphatic rings. The Bertz CT molecular complexity index is 974. The van der Waals surface area contributed by atoms with Crippen LogP contribution in [-0.4, -0.2) is 25.7 Å². The summed E-state index contributed by atoms with van der Waals surface area (Å²) in [6.45, 7) is 12.9. The molecule has 5 nitrogen and oxygen atoms in total. The second-order valence-electron chi connectivity index (χ2n) is 9.02. The van der Waals surface area contributed by atoms with Crippen molar-refractivity contribution in [3.63, 3.8) is 0 Å². The number of rotatable bonds is 3. The summed E-state index contributed by atoms with van der Waals surface area (Å²) < 4.78 is 29.5. The molecule has 0 radical (unpaired) electrons. The fraction of sp³-hybridized carbons (Fsp3) is 0.409. The fourth-order valence-corrected chi connectivity index (χ4v) is 3.80. The van der Waals surface area contributed by atoms with Gasteiger partial charge in [-0.2, -0.15) is 12.8 Å². The van der Waals surface area contributed by atoms with E-state index < -0.39 is 20.9 Å². The molecule has 0 amide bonds. The number of nitrogens with zero attached hydrogens (tertiary/aromatic N) is 1. The van der Waals surface area contributed by atoms with Crippen molar-refractivity contribution < 1.29 is 18.0 Å². The molecular formula is C22H27NO4S. The molecule has 0 saturated heterocycles. The van der Waals surface area contributed by atoms with Gasteiger partial charge in [0.2, 0.25) is 0 Å². The quantitative estimate of drug-likeness (QED) is 0.550. The Morgan fingerprint density at radius 3 is 1.64 bits per heavy atom.